The zero-order valence-corrected chi connectivity index (χ0v) is 21.7. The van der Waals surface area contributed by atoms with Crippen LogP contribution in [0.3, 0.4) is 0 Å². The van der Waals surface area contributed by atoms with Gasteiger partial charge in [-0.05, 0) is 25.5 Å². The number of amides is 1. The standard InChI is InChI=1S/C23H34F2N2O3SSi/c1-21(2,3)23(30-20(26)28,29-11-12-32(5,6)7)19-27-22(4,15-13-17(15)31-19)14-9-8-10-16(24)18(14)25/h8-10,15,17H,11-13H2,1-7H3,(H2,26,28)/t15-,17+,22-,23?/m1/s1. The van der Waals surface area contributed by atoms with Crippen molar-refractivity contribution >= 4 is 31.0 Å². The van der Waals surface area contributed by atoms with Crippen molar-refractivity contribution in [3.05, 3.63) is 35.4 Å². The molecule has 1 heterocycles. The van der Waals surface area contributed by atoms with Crippen molar-refractivity contribution in [2.24, 2.45) is 22.1 Å². The SMILES string of the molecule is CC(C)(C)C(OCC[Si](C)(C)C)(OC(N)=O)C1=N[C@](C)(c2cccc(F)c2F)[C@@H]2C[C@@H]2S1. The molecule has 1 aliphatic heterocycles. The highest BCUT2D eigenvalue weighted by atomic mass is 32.2. The van der Waals surface area contributed by atoms with Crippen LogP contribution in [0.25, 0.3) is 0 Å². The molecule has 0 bridgehead atoms. The quantitative estimate of drug-likeness (QED) is 0.386. The number of fused-ring (bicyclic) bond motifs is 1. The second-order valence-electron chi connectivity index (χ2n) is 11.1. The molecule has 9 heteroatoms. The van der Waals surface area contributed by atoms with E-state index >= 15 is 0 Å². The van der Waals surface area contributed by atoms with Gasteiger partial charge in [-0.2, -0.15) is 0 Å². The molecule has 2 aliphatic rings. The Morgan fingerprint density at radius 3 is 2.53 bits per heavy atom. The maximum atomic E-state index is 14.8. The summed E-state index contributed by atoms with van der Waals surface area (Å²) in [5, 5.41) is 0.596. The highest BCUT2D eigenvalue weighted by Crippen LogP contribution is 2.60. The lowest BCUT2D eigenvalue weighted by molar-refractivity contribution is -0.203. The number of hydrogen-bond donors (Lipinski definition) is 1. The number of halogens is 2. The van der Waals surface area contributed by atoms with Crippen LogP contribution in [0.1, 0.15) is 39.7 Å². The first-order chi connectivity index (χ1) is 14.6. The topological polar surface area (TPSA) is 73.9 Å². The smallest absolute Gasteiger partial charge is 0.407 e. The Morgan fingerprint density at radius 1 is 1.31 bits per heavy atom. The number of primary amides is 1. The van der Waals surface area contributed by atoms with E-state index in [-0.39, 0.29) is 16.7 Å². The zero-order chi connectivity index (χ0) is 24.1. The van der Waals surface area contributed by atoms with Crippen LogP contribution in [-0.2, 0) is 15.0 Å². The molecule has 4 atom stereocenters. The molecule has 1 fully saturated rings. The molecule has 5 nitrogen and oxygen atoms in total. The molecule has 0 radical (unpaired) electrons. The van der Waals surface area contributed by atoms with Crippen molar-refractivity contribution in [1.82, 2.24) is 0 Å². The van der Waals surface area contributed by atoms with Crippen LogP contribution in [0.4, 0.5) is 13.6 Å². The van der Waals surface area contributed by atoms with E-state index in [0.717, 1.165) is 18.5 Å². The first-order valence-corrected chi connectivity index (χ1v) is 15.5. The molecule has 178 valence electrons. The summed E-state index contributed by atoms with van der Waals surface area (Å²) in [5.74, 6) is -3.27. The summed E-state index contributed by atoms with van der Waals surface area (Å²) in [5.41, 5.74) is 3.99. The third-order valence-corrected chi connectivity index (χ3v) is 9.33. The van der Waals surface area contributed by atoms with E-state index in [2.05, 4.69) is 19.6 Å². The molecule has 0 spiro atoms. The zero-order valence-electron chi connectivity index (χ0n) is 19.9. The molecule has 0 aromatic heterocycles. The van der Waals surface area contributed by atoms with Gasteiger partial charge in [-0.3, -0.25) is 4.99 Å². The Balaban J connectivity index is 2.12. The second kappa shape index (κ2) is 8.40. The summed E-state index contributed by atoms with van der Waals surface area (Å²) in [6.45, 7) is 14.6. The number of thioether (sulfide) groups is 1. The lowest BCUT2D eigenvalue weighted by Gasteiger charge is -2.45. The van der Waals surface area contributed by atoms with Crippen LogP contribution in [0.15, 0.2) is 23.2 Å². The van der Waals surface area contributed by atoms with Crippen molar-refractivity contribution in [2.45, 2.75) is 76.4 Å². The van der Waals surface area contributed by atoms with E-state index in [1.165, 1.54) is 17.8 Å². The number of carbonyl (C=O) groups excluding carboxylic acids is 1. The average Bonchev–Trinajstić information content (AvgIpc) is 3.41. The number of rotatable bonds is 7. The summed E-state index contributed by atoms with van der Waals surface area (Å²) in [6, 6.07) is 5.02. The molecule has 0 saturated heterocycles. The second-order valence-corrected chi connectivity index (χ2v) is 18.0. The molecule has 1 saturated carbocycles. The van der Waals surface area contributed by atoms with Gasteiger partial charge in [0.1, 0.15) is 5.04 Å². The Hall–Kier alpha value is -1.45. The van der Waals surface area contributed by atoms with Crippen molar-refractivity contribution in [3.8, 4) is 0 Å². The summed E-state index contributed by atoms with van der Waals surface area (Å²) >= 11 is 1.49. The predicted octanol–water partition coefficient (Wildman–Crippen LogP) is 5.91. The molecule has 1 unspecified atom stereocenters. The third-order valence-electron chi connectivity index (χ3n) is 6.22. The summed E-state index contributed by atoms with van der Waals surface area (Å²) < 4.78 is 41.0. The van der Waals surface area contributed by atoms with E-state index in [4.69, 9.17) is 20.2 Å². The number of hydrogen-bond acceptors (Lipinski definition) is 5. The minimum absolute atomic E-state index is 0.0563. The molecule has 1 aromatic rings. The van der Waals surface area contributed by atoms with Gasteiger partial charge in [-0.25, -0.2) is 13.6 Å². The largest absolute Gasteiger partial charge is 0.410 e. The number of ether oxygens (including phenoxy) is 2. The van der Waals surface area contributed by atoms with Crippen molar-refractivity contribution in [2.75, 3.05) is 6.61 Å². The maximum Gasteiger partial charge on any atom is 0.407 e. The van der Waals surface area contributed by atoms with Crippen molar-refractivity contribution in [1.29, 1.82) is 0 Å². The summed E-state index contributed by atoms with van der Waals surface area (Å²) in [7, 11) is -1.44. The molecule has 2 N–H and O–H groups in total. The van der Waals surface area contributed by atoms with Crippen molar-refractivity contribution in [3.63, 3.8) is 0 Å². The van der Waals surface area contributed by atoms with Gasteiger partial charge in [0.15, 0.2) is 11.6 Å². The molecule has 3 rings (SSSR count). The lowest BCUT2D eigenvalue weighted by atomic mass is 9.83. The lowest BCUT2D eigenvalue weighted by Crippen LogP contribution is -2.57. The molecular weight excluding hydrogens is 450 g/mol. The van der Waals surface area contributed by atoms with Crippen LogP contribution in [0.5, 0.6) is 0 Å². The highest BCUT2D eigenvalue weighted by Gasteiger charge is 2.62. The molecular formula is C23H34F2N2O3SSi. The van der Waals surface area contributed by atoms with E-state index in [1.54, 1.807) is 6.07 Å². The van der Waals surface area contributed by atoms with Gasteiger partial charge >= 0.3 is 6.09 Å². The van der Waals surface area contributed by atoms with Gasteiger partial charge in [0.25, 0.3) is 5.79 Å². The van der Waals surface area contributed by atoms with E-state index in [1.807, 2.05) is 27.7 Å². The molecule has 1 aliphatic carbocycles. The molecule has 1 aromatic carbocycles. The number of nitrogens with zero attached hydrogens (tertiary/aromatic N) is 1. The van der Waals surface area contributed by atoms with Crippen molar-refractivity contribution < 1.29 is 23.0 Å². The van der Waals surface area contributed by atoms with Gasteiger partial charge in [-0.1, -0.05) is 52.5 Å². The summed E-state index contributed by atoms with van der Waals surface area (Å²) in [6.07, 6.45) is -0.164. The minimum Gasteiger partial charge on any atom is -0.410 e. The Morgan fingerprint density at radius 2 is 1.97 bits per heavy atom. The fourth-order valence-electron chi connectivity index (χ4n) is 4.13. The minimum atomic E-state index is -1.53. The van der Waals surface area contributed by atoms with Crippen LogP contribution < -0.4 is 5.73 Å². The number of benzene rings is 1. The maximum absolute atomic E-state index is 14.8. The predicted molar refractivity (Wildman–Crippen MR) is 128 cm³/mol. The van der Waals surface area contributed by atoms with Crippen LogP contribution in [-0.4, -0.2) is 36.9 Å². The number of aliphatic imine (C=N–C) groups is 1. The van der Waals surface area contributed by atoms with Crippen LogP contribution in [0, 0.1) is 23.0 Å². The monoisotopic (exact) mass is 484 g/mol. The molecule has 32 heavy (non-hydrogen) atoms. The highest BCUT2D eigenvalue weighted by molar-refractivity contribution is 8.15. The van der Waals surface area contributed by atoms with E-state index < -0.39 is 42.5 Å². The van der Waals surface area contributed by atoms with E-state index in [0.29, 0.717) is 11.7 Å². The number of nitrogens with two attached hydrogens (primary N) is 1. The van der Waals surface area contributed by atoms with Crippen LogP contribution >= 0.6 is 11.8 Å². The fraction of sp³-hybridized carbons (Fsp3) is 0.652. The Labute approximate surface area is 194 Å². The van der Waals surface area contributed by atoms with E-state index in [9.17, 15) is 13.6 Å². The normalized spacial score (nSPS) is 27.2. The first kappa shape index (κ1) is 25.2. The third kappa shape index (κ3) is 4.75. The van der Waals surface area contributed by atoms with Gasteiger partial charge in [0.2, 0.25) is 0 Å². The van der Waals surface area contributed by atoms with Gasteiger partial charge in [0.05, 0.1) is 5.54 Å². The first-order valence-electron chi connectivity index (χ1n) is 10.9. The Bertz CT molecular complexity index is 931. The van der Waals surface area contributed by atoms with Gasteiger partial charge in [0, 0.05) is 36.8 Å². The van der Waals surface area contributed by atoms with Gasteiger partial charge < -0.3 is 15.2 Å². The number of carbonyl (C=O) groups is 1. The Kier molecular flexibility index (Phi) is 6.61. The average molecular weight is 485 g/mol. The van der Waals surface area contributed by atoms with Gasteiger partial charge in [-0.15, -0.1) is 11.8 Å². The van der Waals surface area contributed by atoms with Crippen LogP contribution in [0.2, 0.25) is 25.7 Å². The fourth-order valence-corrected chi connectivity index (χ4v) is 6.67. The molecule has 1 amide bonds. The summed E-state index contributed by atoms with van der Waals surface area (Å²) in [4.78, 5) is 17.0.